The molecular weight excluding hydrogens is 278 g/mol. The van der Waals surface area contributed by atoms with Crippen LogP contribution >= 0.6 is 11.3 Å². The van der Waals surface area contributed by atoms with Crippen LogP contribution in [-0.4, -0.2) is 19.4 Å². The number of thiazole rings is 1. The van der Waals surface area contributed by atoms with Gasteiger partial charge in [0.15, 0.2) is 4.96 Å². The van der Waals surface area contributed by atoms with Crippen LogP contribution in [0.5, 0.6) is 0 Å². The third kappa shape index (κ3) is 3.01. The van der Waals surface area contributed by atoms with Crippen molar-refractivity contribution in [2.75, 3.05) is 0 Å². The van der Waals surface area contributed by atoms with Crippen LogP contribution in [0.3, 0.4) is 0 Å². The largest absolute Gasteiger partial charge is 0.390 e. The molecule has 0 atom stereocenters. The molecule has 0 aromatic carbocycles. The first-order valence-corrected chi connectivity index (χ1v) is 6.71. The standard InChI is InChI=1S/C13H13N3O3S/c1-2-3-4-5-11(16(18)19)6-12-9-20-13-14-10(8-17)7-15(12)13/h2-5,7,9,17H,1,6,8H2/b4-3-,11-5+. The number of aliphatic hydroxyl groups is 1. The van der Waals surface area contributed by atoms with E-state index in [0.717, 1.165) is 5.69 Å². The van der Waals surface area contributed by atoms with Crippen molar-refractivity contribution in [1.82, 2.24) is 9.38 Å². The van der Waals surface area contributed by atoms with Gasteiger partial charge in [-0.3, -0.25) is 14.5 Å². The SMILES string of the molecule is C=C/C=C\C=C(/Cc1csc2nc(CO)cn12)[N+](=O)[O-]. The molecule has 0 aliphatic carbocycles. The van der Waals surface area contributed by atoms with Gasteiger partial charge in [-0.25, -0.2) is 4.98 Å². The van der Waals surface area contributed by atoms with Crippen molar-refractivity contribution < 1.29 is 10.0 Å². The van der Waals surface area contributed by atoms with Gasteiger partial charge < -0.3 is 5.11 Å². The average molecular weight is 291 g/mol. The summed E-state index contributed by atoms with van der Waals surface area (Å²) in [6.07, 6.45) is 8.11. The molecule has 0 spiro atoms. The summed E-state index contributed by atoms with van der Waals surface area (Å²) in [5.41, 5.74) is 1.41. The third-order valence-electron chi connectivity index (χ3n) is 2.63. The van der Waals surface area contributed by atoms with E-state index in [0.29, 0.717) is 10.7 Å². The molecule has 1 N–H and O–H groups in total. The highest BCUT2D eigenvalue weighted by atomic mass is 32.1. The van der Waals surface area contributed by atoms with E-state index in [1.807, 2.05) is 5.38 Å². The van der Waals surface area contributed by atoms with Crippen molar-refractivity contribution in [3.8, 4) is 0 Å². The number of imidazole rings is 1. The number of hydrogen-bond donors (Lipinski definition) is 1. The van der Waals surface area contributed by atoms with Gasteiger partial charge in [0, 0.05) is 23.3 Å². The molecule has 0 saturated carbocycles. The Kier molecular flexibility index (Phi) is 4.44. The average Bonchev–Trinajstić information content (AvgIpc) is 2.98. The Hall–Kier alpha value is -2.25. The first kappa shape index (κ1) is 14.2. The van der Waals surface area contributed by atoms with Gasteiger partial charge in [-0.1, -0.05) is 24.8 Å². The Balaban J connectivity index is 2.30. The monoisotopic (exact) mass is 291 g/mol. The fraction of sp³-hybridized carbons (Fsp3) is 0.154. The molecule has 7 heteroatoms. The second kappa shape index (κ2) is 6.27. The van der Waals surface area contributed by atoms with Crippen LogP contribution in [0, 0.1) is 10.1 Å². The van der Waals surface area contributed by atoms with Crippen molar-refractivity contribution in [3.63, 3.8) is 0 Å². The molecule has 0 saturated heterocycles. The van der Waals surface area contributed by atoms with Gasteiger partial charge in [-0.2, -0.15) is 0 Å². The van der Waals surface area contributed by atoms with Crippen molar-refractivity contribution in [2.24, 2.45) is 0 Å². The summed E-state index contributed by atoms with van der Waals surface area (Å²) in [4.78, 5) is 15.5. The summed E-state index contributed by atoms with van der Waals surface area (Å²) in [5, 5.41) is 21.9. The van der Waals surface area contributed by atoms with Crippen LogP contribution < -0.4 is 0 Å². The number of hydrogen-bond acceptors (Lipinski definition) is 5. The molecule has 2 heterocycles. The number of aliphatic hydroxyl groups excluding tert-OH is 1. The van der Waals surface area contributed by atoms with E-state index < -0.39 is 4.92 Å². The van der Waals surface area contributed by atoms with E-state index in [4.69, 9.17) is 5.11 Å². The lowest BCUT2D eigenvalue weighted by Gasteiger charge is -1.97. The summed E-state index contributed by atoms with van der Waals surface area (Å²) < 4.78 is 1.77. The Morgan fingerprint density at radius 3 is 3.05 bits per heavy atom. The van der Waals surface area contributed by atoms with E-state index in [2.05, 4.69) is 11.6 Å². The Morgan fingerprint density at radius 1 is 1.60 bits per heavy atom. The Bertz CT molecular complexity index is 697. The molecule has 0 unspecified atom stereocenters. The molecule has 0 aliphatic heterocycles. The predicted molar refractivity (Wildman–Crippen MR) is 77.1 cm³/mol. The smallest absolute Gasteiger partial charge is 0.252 e. The molecule has 2 rings (SSSR count). The summed E-state index contributed by atoms with van der Waals surface area (Å²) in [6.45, 7) is 3.37. The summed E-state index contributed by atoms with van der Waals surface area (Å²) >= 11 is 1.39. The van der Waals surface area contributed by atoms with E-state index in [1.165, 1.54) is 17.4 Å². The van der Waals surface area contributed by atoms with Gasteiger partial charge in [0.25, 0.3) is 5.70 Å². The lowest BCUT2D eigenvalue weighted by Crippen LogP contribution is -2.03. The minimum atomic E-state index is -0.402. The second-order valence-corrected chi connectivity index (χ2v) is 4.82. The number of rotatable bonds is 6. The van der Waals surface area contributed by atoms with Crippen LogP contribution in [0.25, 0.3) is 4.96 Å². The second-order valence-electron chi connectivity index (χ2n) is 3.98. The topological polar surface area (TPSA) is 80.7 Å². The van der Waals surface area contributed by atoms with Crippen molar-refractivity contribution in [3.05, 3.63) is 69.7 Å². The van der Waals surface area contributed by atoms with Gasteiger partial charge in [0.1, 0.15) is 0 Å². The number of nitrogens with zero attached hydrogens (tertiary/aromatic N) is 3. The van der Waals surface area contributed by atoms with Gasteiger partial charge in [-0.15, -0.1) is 11.3 Å². The fourth-order valence-electron chi connectivity index (χ4n) is 1.69. The lowest BCUT2D eigenvalue weighted by atomic mass is 10.2. The molecule has 0 radical (unpaired) electrons. The summed E-state index contributed by atoms with van der Waals surface area (Å²) in [7, 11) is 0. The van der Waals surface area contributed by atoms with Gasteiger partial charge in [0.05, 0.1) is 23.6 Å². The molecule has 20 heavy (non-hydrogen) atoms. The van der Waals surface area contributed by atoms with Gasteiger partial charge in [-0.05, 0) is 0 Å². The molecule has 0 amide bonds. The van der Waals surface area contributed by atoms with Gasteiger partial charge >= 0.3 is 0 Å². The molecule has 0 bridgehead atoms. The normalized spacial score (nSPS) is 12.3. The maximum Gasteiger partial charge on any atom is 0.252 e. The molecule has 0 aliphatic rings. The highest BCUT2D eigenvalue weighted by Gasteiger charge is 2.15. The first-order chi connectivity index (χ1) is 9.65. The highest BCUT2D eigenvalue weighted by molar-refractivity contribution is 7.15. The van der Waals surface area contributed by atoms with Crippen LogP contribution in [-0.2, 0) is 13.0 Å². The lowest BCUT2D eigenvalue weighted by molar-refractivity contribution is -0.427. The fourth-order valence-corrected chi connectivity index (χ4v) is 2.59. The van der Waals surface area contributed by atoms with Crippen LogP contribution in [0.15, 0.2) is 48.2 Å². The van der Waals surface area contributed by atoms with E-state index in [9.17, 15) is 10.1 Å². The Labute approximate surface area is 119 Å². The number of fused-ring (bicyclic) bond motifs is 1. The van der Waals surface area contributed by atoms with Gasteiger partial charge in [0.2, 0.25) is 0 Å². The van der Waals surface area contributed by atoms with E-state index >= 15 is 0 Å². The van der Waals surface area contributed by atoms with Crippen molar-refractivity contribution >= 4 is 16.3 Å². The first-order valence-electron chi connectivity index (χ1n) is 5.83. The molecule has 2 aromatic heterocycles. The number of nitro groups is 1. The Morgan fingerprint density at radius 2 is 2.40 bits per heavy atom. The van der Waals surface area contributed by atoms with E-state index in [1.54, 1.807) is 28.8 Å². The quantitative estimate of drug-likeness (QED) is 0.503. The molecule has 104 valence electrons. The third-order valence-corrected chi connectivity index (χ3v) is 3.52. The zero-order chi connectivity index (χ0) is 14.5. The van der Waals surface area contributed by atoms with Crippen LogP contribution in [0.4, 0.5) is 0 Å². The molecular formula is C13H13N3O3S. The molecule has 0 fully saturated rings. The van der Waals surface area contributed by atoms with Crippen molar-refractivity contribution in [1.29, 1.82) is 0 Å². The maximum atomic E-state index is 11.0. The molecule has 6 nitrogen and oxygen atoms in total. The highest BCUT2D eigenvalue weighted by Crippen LogP contribution is 2.19. The number of allylic oxidation sites excluding steroid dienone is 5. The molecule has 2 aromatic rings. The minimum Gasteiger partial charge on any atom is -0.390 e. The summed E-state index contributed by atoms with van der Waals surface area (Å²) in [5.74, 6) is 0. The van der Waals surface area contributed by atoms with Crippen LogP contribution in [0.2, 0.25) is 0 Å². The summed E-state index contributed by atoms with van der Waals surface area (Å²) in [6, 6.07) is 0. The van der Waals surface area contributed by atoms with Crippen molar-refractivity contribution in [2.45, 2.75) is 13.0 Å². The number of aromatic nitrogens is 2. The minimum absolute atomic E-state index is 0.0852. The van der Waals surface area contributed by atoms with Crippen LogP contribution in [0.1, 0.15) is 11.4 Å². The van der Waals surface area contributed by atoms with E-state index in [-0.39, 0.29) is 18.7 Å². The zero-order valence-electron chi connectivity index (χ0n) is 10.6. The predicted octanol–water partition coefficient (Wildman–Crippen LogP) is 2.33. The maximum absolute atomic E-state index is 11.0. The zero-order valence-corrected chi connectivity index (χ0v) is 11.4.